The Labute approximate surface area is 116 Å². The lowest BCUT2D eigenvalue weighted by Gasteiger charge is -2.13. The van der Waals surface area contributed by atoms with Crippen LogP contribution in [-0.4, -0.2) is 22.8 Å². The second kappa shape index (κ2) is 5.32. The van der Waals surface area contributed by atoms with Crippen LogP contribution >= 0.6 is 0 Å². The van der Waals surface area contributed by atoms with Crippen LogP contribution in [0.5, 0.6) is 0 Å². The van der Waals surface area contributed by atoms with E-state index in [0.29, 0.717) is 17.7 Å². The molecule has 0 amide bonds. The average molecular weight is 278 g/mol. The Morgan fingerprint density at radius 2 is 2.20 bits per heavy atom. The zero-order chi connectivity index (χ0) is 14.1. The monoisotopic (exact) mass is 278 g/mol. The van der Waals surface area contributed by atoms with Gasteiger partial charge < -0.3 is 9.30 Å². The SMILES string of the molecule is Cc1ccc(Cn2ccnc2[C@H]2CCOC2)c(F)c1F. The van der Waals surface area contributed by atoms with Crippen molar-refractivity contribution in [3.63, 3.8) is 0 Å². The Hall–Kier alpha value is -1.75. The third kappa shape index (κ3) is 2.33. The van der Waals surface area contributed by atoms with E-state index in [0.717, 1.165) is 18.9 Å². The van der Waals surface area contributed by atoms with E-state index in [1.807, 2.05) is 4.57 Å². The number of benzene rings is 1. The molecular weight excluding hydrogens is 262 g/mol. The molecule has 1 aliphatic rings. The van der Waals surface area contributed by atoms with E-state index in [9.17, 15) is 8.78 Å². The lowest BCUT2D eigenvalue weighted by Crippen LogP contribution is -2.11. The van der Waals surface area contributed by atoms with Crippen LogP contribution in [0.25, 0.3) is 0 Å². The lowest BCUT2D eigenvalue weighted by atomic mass is 10.1. The van der Waals surface area contributed by atoms with Gasteiger partial charge in [0.2, 0.25) is 0 Å². The van der Waals surface area contributed by atoms with Gasteiger partial charge in [0.25, 0.3) is 0 Å². The van der Waals surface area contributed by atoms with Gasteiger partial charge in [-0.15, -0.1) is 0 Å². The van der Waals surface area contributed by atoms with Gasteiger partial charge in [-0.3, -0.25) is 0 Å². The Balaban J connectivity index is 1.88. The summed E-state index contributed by atoms with van der Waals surface area (Å²) < 4.78 is 34.8. The third-order valence-corrected chi connectivity index (χ3v) is 3.74. The number of ether oxygens (including phenoxy) is 1. The predicted molar refractivity (Wildman–Crippen MR) is 70.6 cm³/mol. The fourth-order valence-corrected chi connectivity index (χ4v) is 2.54. The largest absolute Gasteiger partial charge is 0.381 e. The highest BCUT2D eigenvalue weighted by Gasteiger charge is 2.22. The molecule has 1 aliphatic heterocycles. The van der Waals surface area contributed by atoms with E-state index in [4.69, 9.17) is 4.74 Å². The van der Waals surface area contributed by atoms with Crippen LogP contribution in [0.4, 0.5) is 8.78 Å². The molecule has 0 N–H and O–H groups in total. The van der Waals surface area contributed by atoms with Crippen molar-refractivity contribution in [1.29, 1.82) is 0 Å². The van der Waals surface area contributed by atoms with Gasteiger partial charge in [-0.2, -0.15) is 0 Å². The maximum atomic E-state index is 13.9. The molecule has 0 saturated carbocycles. The van der Waals surface area contributed by atoms with Crippen molar-refractivity contribution < 1.29 is 13.5 Å². The minimum absolute atomic E-state index is 0.239. The quantitative estimate of drug-likeness (QED) is 0.863. The Morgan fingerprint density at radius 1 is 1.35 bits per heavy atom. The molecule has 0 radical (unpaired) electrons. The minimum atomic E-state index is -0.771. The molecule has 3 nitrogen and oxygen atoms in total. The van der Waals surface area contributed by atoms with Crippen LogP contribution in [0.1, 0.15) is 29.3 Å². The first-order valence-electron chi connectivity index (χ1n) is 6.69. The second-order valence-corrected chi connectivity index (χ2v) is 5.14. The van der Waals surface area contributed by atoms with E-state index < -0.39 is 11.6 Å². The van der Waals surface area contributed by atoms with Crippen LogP contribution in [-0.2, 0) is 11.3 Å². The van der Waals surface area contributed by atoms with Crippen molar-refractivity contribution >= 4 is 0 Å². The van der Waals surface area contributed by atoms with Gasteiger partial charge in [0.15, 0.2) is 11.6 Å². The number of imidazole rings is 1. The van der Waals surface area contributed by atoms with Crippen molar-refractivity contribution in [2.24, 2.45) is 0 Å². The molecule has 0 unspecified atom stereocenters. The molecule has 1 aromatic carbocycles. The van der Waals surface area contributed by atoms with Gasteiger partial charge in [-0.05, 0) is 18.9 Å². The van der Waals surface area contributed by atoms with Crippen molar-refractivity contribution in [1.82, 2.24) is 9.55 Å². The summed E-state index contributed by atoms with van der Waals surface area (Å²) in [6.45, 7) is 3.21. The van der Waals surface area contributed by atoms with Crippen molar-refractivity contribution in [3.05, 3.63) is 53.1 Å². The maximum absolute atomic E-state index is 13.9. The Morgan fingerprint density at radius 3 is 2.95 bits per heavy atom. The lowest BCUT2D eigenvalue weighted by molar-refractivity contribution is 0.192. The number of aromatic nitrogens is 2. The summed E-state index contributed by atoms with van der Waals surface area (Å²) in [7, 11) is 0. The molecular formula is C15H16F2N2O. The average Bonchev–Trinajstić information content (AvgIpc) is 3.09. The Bertz CT molecular complexity index is 618. The summed E-state index contributed by atoms with van der Waals surface area (Å²) in [4.78, 5) is 4.33. The van der Waals surface area contributed by atoms with E-state index >= 15 is 0 Å². The van der Waals surface area contributed by atoms with Crippen LogP contribution in [0, 0.1) is 18.6 Å². The van der Waals surface area contributed by atoms with Gasteiger partial charge in [0, 0.05) is 30.5 Å². The fourth-order valence-electron chi connectivity index (χ4n) is 2.54. The highest BCUT2D eigenvalue weighted by molar-refractivity contribution is 5.26. The maximum Gasteiger partial charge on any atom is 0.164 e. The van der Waals surface area contributed by atoms with Crippen LogP contribution < -0.4 is 0 Å². The molecule has 2 heterocycles. The molecule has 0 aliphatic carbocycles. The standard InChI is InChI=1S/C15H16F2N2O/c1-10-2-3-11(14(17)13(10)16)8-19-6-5-18-15(19)12-4-7-20-9-12/h2-3,5-6,12H,4,7-9H2,1H3/t12-/m0/s1. The number of hydrogen-bond donors (Lipinski definition) is 0. The molecule has 1 atom stereocenters. The summed E-state index contributed by atoms with van der Waals surface area (Å²) >= 11 is 0. The number of hydrogen-bond acceptors (Lipinski definition) is 2. The molecule has 5 heteroatoms. The number of nitrogens with zero attached hydrogens (tertiary/aromatic N) is 2. The van der Waals surface area contributed by atoms with Gasteiger partial charge >= 0.3 is 0 Å². The van der Waals surface area contributed by atoms with Gasteiger partial charge in [0.05, 0.1) is 13.2 Å². The Kier molecular flexibility index (Phi) is 3.53. The van der Waals surface area contributed by atoms with Crippen molar-refractivity contribution in [2.45, 2.75) is 25.8 Å². The summed E-state index contributed by atoms with van der Waals surface area (Å²) in [5.74, 6) is -0.424. The zero-order valence-corrected chi connectivity index (χ0v) is 11.3. The van der Waals surface area contributed by atoms with Crippen LogP contribution in [0.2, 0.25) is 0 Å². The zero-order valence-electron chi connectivity index (χ0n) is 11.3. The van der Waals surface area contributed by atoms with Crippen LogP contribution in [0.15, 0.2) is 24.5 Å². The molecule has 106 valence electrons. The van der Waals surface area contributed by atoms with Crippen molar-refractivity contribution in [3.8, 4) is 0 Å². The molecule has 3 rings (SSSR count). The first-order chi connectivity index (χ1) is 9.66. The minimum Gasteiger partial charge on any atom is -0.381 e. The molecule has 1 saturated heterocycles. The second-order valence-electron chi connectivity index (χ2n) is 5.14. The third-order valence-electron chi connectivity index (χ3n) is 3.74. The van der Waals surface area contributed by atoms with E-state index in [2.05, 4.69) is 4.98 Å². The van der Waals surface area contributed by atoms with E-state index in [1.54, 1.807) is 31.5 Å². The van der Waals surface area contributed by atoms with E-state index in [1.165, 1.54) is 0 Å². The van der Waals surface area contributed by atoms with Gasteiger partial charge in [-0.25, -0.2) is 13.8 Å². The van der Waals surface area contributed by atoms with Gasteiger partial charge in [0.1, 0.15) is 5.82 Å². The highest BCUT2D eigenvalue weighted by atomic mass is 19.2. The number of rotatable bonds is 3. The summed E-state index contributed by atoms with van der Waals surface area (Å²) in [6.07, 6.45) is 4.41. The molecule has 0 bridgehead atoms. The highest BCUT2D eigenvalue weighted by Crippen LogP contribution is 2.25. The van der Waals surface area contributed by atoms with Crippen molar-refractivity contribution in [2.75, 3.05) is 13.2 Å². The first kappa shape index (κ1) is 13.2. The molecule has 0 spiro atoms. The topological polar surface area (TPSA) is 27.1 Å². The smallest absolute Gasteiger partial charge is 0.164 e. The molecule has 2 aromatic rings. The van der Waals surface area contributed by atoms with Crippen LogP contribution in [0.3, 0.4) is 0 Å². The van der Waals surface area contributed by atoms with E-state index in [-0.39, 0.29) is 12.5 Å². The predicted octanol–water partition coefficient (Wildman–Crippen LogP) is 3.02. The molecule has 1 fully saturated rings. The first-order valence-corrected chi connectivity index (χ1v) is 6.69. The molecule has 1 aromatic heterocycles. The fraction of sp³-hybridized carbons (Fsp3) is 0.400. The van der Waals surface area contributed by atoms with Gasteiger partial charge in [-0.1, -0.05) is 12.1 Å². The summed E-state index contributed by atoms with van der Waals surface area (Å²) in [5, 5.41) is 0. The number of halogens is 2. The normalized spacial score (nSPS) is 18.6. The summed E-state index contributed by atoms with van der Waals surface area (Å²) in [5.41, 5.74) is 0.660. The number of aryl methyl sites for hydroxylation is 1. The summed E-state index contributed by atoms with van der Waals surface area (Å²) in [6, 6.07) is 3.23. The molecule has 20 heavy (non-hydrogen) atoms.